The highest BCUT2D eigenvalue weighted by atomic mass is 16.5. The average Bonchev–Trinajstić information content (AvgIpc) is 2.88. The molecule has 0 unspecified atom stereocenters. The Hall–Kier alpha value is -1.39. The molecule has 0 bridgehead atoms. The fourth-order valence-electron chi connectivity index (χ4n) is 4.11. The molecular weight excluding hydrogens is 300 g/mol. The van der Waals surface area contributed by atoms with E-state index in [1.54, 1.807) is 7.11 Å². The van der Waals surface area contributed by atoms with Crippen LogP contribution in [0.3, 0.4) is 0 Å². The first kappa shape index (κ1) is 17.4. The average molecular weight is 330 g/mol. The van der Waals surface area contributed by atoms with Gasteiger partial charge in [0, 0.05) is 32.3 Å². The normalized spacial score (nSPS) is 24.2. The molecule has 1 N–H and O–H groups in total. The number of methoxy groups -OCH3 is 1. The molecular formula is C20H30N2O2. The molecule has 1 aliphatic heterocycles. The number of carbonyl (C=O) groups excluding carboxylic acids is 1. The van der Waals surface area contributed by atoms with Crippen LogP contribution in [0.25, 0.3) is 0 Å². The molecule has 0 spiro atoms. The highest BCUT2D eigenvalue weighted by Crippen LogP contribution is 2.37. The maximum absolute atomic E-state index is 12.1. The third-order valence-corrected chi connectivity index (χ3v) is 5.53. The summed E-state index contributed by atoms with van der Waals surface area (Å²) in [6, 6.07) is 7.83. The summed E-state index contributed by atoms with van der Waals surface area (Å²) >= 11 is 0. The number of hydrogen-bond donors (Lipinski definition) is 1. The van der Waals surface area contributed by atoms with Gasteiger partial charge in [0.1, 0.15) is 0 Å². The van der Waals surface area contributed by atoms with Crippen LogP contribution in [0.2, 0.25) is 0 Å². The second kappa shape index (κ2) is 7.66. The summed E-state index contributed by atoms with van der Waals surface area (Å²) in [5.41, 5.74) is 4.33. The number of nitrogens with zero attached hydrogens (tertiary/aromatic N) is 1. The first-order valence-electron chi connectivity index (χ1n) is 9.20. The minimum Gasteiger partial charge on any atom is -0.384 e. The SMILES string of the molecule is COCCC(=O)N1CCC(N[C@@H]2c3cc(C)ccc3C[C@H]2C)CC1. The van der Waals surface area contributed by atoms with E-state index in [1.807, 2.05) is 4.90 Å². The van der Waals surface area contributed by atoms with Gasteiger partial charge in [0.15, 0.2) is 0 Å². The Morgan fingerprint density at radius 1 is 1.33 bits per heavy atom. The van der Waals surface area contributed by atoms with E-state index in [1.165, 1.54) is 23.1 Å². The molecule has 1 aromatic carbocycles. The molecule has 1 aromatic rings. The van der Waals surface area contributed by atoms with E-state index < -0.39 is 0 Å². The lowest BCUT2D eigenvalue weighted by atomic mass is 9.97. The monoisotopic (exact) mass is 330 g/mol. The van der Waals surface area contributed by atoms with Crippen LogP contribution in [0.1, 0.15) is 48.9 Å². The summed E-state index contributed by atoms with van der Waals surface area (Å²) in [6.07, 6.45) is 3.76. The quantitative estimate of drug-likeness (QED) is 0.903. The summed E-state index contributed by atoms with van der Waals surface area (Å²) in [7, 11) is 1.64. The van der Waals surface area contributed by atoms with Crippen LogP contribution in [0.5, 0.6) is 0 Å². The van der Waals surface area contributed by atoms with Gasteiger partial charge >= 0.3 is 0 Å². The lowest BCUT2D eigenvalue weighted by Crippen LogP contribution is -2.46. The Labute approximate surface area is 145 Å². The molecule has 1 amide bonds. The number of rotatable bonds is 5. The van der Waals surface area contributed by atoms with E-state index >= 15 is 0 Å². The molecule has 1 saturated heterocycles. The molecule has 0 saturated carbocycles. The summed E-state index contributed by atoms with van der Waals surface area (Å²) < 4.78 is 5.01. The number of aryl methyl sites for hydroxylation is 1. The zero-order valence-corrected chi connectivity index (χ0v) is 15.2. The maximum Gasteiger partial charge on any atom is 0.224 e. The third-order valence-electron chi connectivity index (χ3n) is 5.53. The van der Waals surface area contributed by atoms with Crippen LogP contribution >= 0.6 is 0 Å². The van der Waals surface area contributed by atoms with Crippen LogP contribution in [0.4, 0.5) is 0 Å². The van der Waals surface area contributed by atoms with Crippen molar-refractivity contribution in [3.63, 3.8) is 0 Å². The Morgan fingerprint density at radius 2 is 2.08 bits per heavy atom. The Morgan fingerprint density at radius 3 is 2.79 bits per heavy atom. The minimum atomic E-state index is 0.227. The lowest BCUT2D eigenvalue weighted by Gasteiger charge is -2.35. The first-order chi connectivity index (χ1) is 11.6. The summed E-state index contributed by atoms with van der Waals surface area (Å²) in [6.45, 7) is 6.76. The lowest BCUT2D eigenvalue weighted by molar-refractivity contribution is -0.133. The van der Waals surface area contributed by atoms with Crippen molar-refractivity contribution in [2.45, 2.75) is 51.6 Å². The molecule has 2 aliphatic rings. The molecule has 1 fully saturated rings. The van der Waals surface area contributed by atoms with Gasteiger partial charge in [-0.25, -0.2) is 0 Å². The summed E-state index contributed by atoms with van der Waals surface area (Å²) in [5, 5.41) is 3.89. The fraction of sp³-hybridized carbons (Fsp3) is 0.650. The molecule has 24 heavy (non-hydrogen) atoms. The van der Waals surface area contributed by atoms with Gasteiger partial charge in [0.2, 0.25) is 5.91 Å². The Kier molecular flexibility index (Phi) is 5.57. The van der Waals surface area contributed by atoms with Crippen molar-refractivity contribution in [1.29, 1.82) is 0 Å². The van der Waals surface area contributed by atoms with Crippen LogP contribution in [0.15, 0.2) is 18.2 Å². The standard InChI is InChI=1S/C20H30N2O2/c1-14-4-5-16-13-15(2)20(18(16)12-14)21-17-6-9-22(10-7-17)19(23)8-11-24-3/h4-5,12,15,17,20-21H,6-11,13H2,1-3H3/t15-,20+/m1/s1. The molecule has 132 valence electrons. The predicted molar refractivity (Wildman–Crippen MR) is 96.0 cm³/mol. The van der Waals surface area contributed by atoms with Gasteiger partial charge in [-0.1, -0.05) is 30.7 Å². The molecule has 2 atom stereocenters. The first-order valence-corrected chi connectivity index (χ1v) is 9.20. The van der Waals surface area contributed by atoms with Gasteiger partial charge in [-0.2, -0.15) is 0 Å². The topological polar surface area (TPSA) is 41.6 Å². The van der Waals surface area contributed by atoms with Gasteiger partial charge in [-0.05, 0) is 43.2 Å². The number of carbonyl (C=O) groups is 1. The minimum absolute atomic E-state index is 0.227. The van der Waals surface area contributed by atoms with Crippen molar-refractivity contribution in [2.24, 2.45) is 5.92 Å². The molecule has 4 nitrogen and oxygen atoms in total. The van der Waals surface area contributed by atoms with Gasteiger partial charge in [0.25, 0.3) is 0 Å². The number of ether oxygens (including phenoxy) is 1. The number of nitrogens with one attached hydrogen (secondary N) is 1. The van der Waals surface area contributed by atoms with Gasteiger partial charge in [-0.3, -0.25) is 4.79 Å². The zero-order valence-electron chi connectivity index (χ0n) is 15.2. The highest BCUT2D eigenvalue weighted by Gasteiger charge is 2.32. The van der Waals surface area contributed by atoms with Crippen LogP contribution in [-0.4, -0.2) is 43.7 Å². The number of benzene rings is 1. The number of fused-ring (bicyclic) bond motifs is 1. The number of amides is 1. The predicted octanol–water partition coefficient (Wildman–Crippen LogP) is 2.85. The highest BCUT2D eigenvalue weighted by molar-refractivity contribution is 5.76. The fourth-order valence-corrected chi connectivity index (χ4v) is 4.11. The molecule has 1 heterocycles. The van der Waals surface area contributed by atoms with E-state index in [4.69, 9.17) is 4.74 Å². The number of piperidine rings is 1. The van der Waals surface area contributed by atoms with E-state index in [2.05, 4.69) is 37.4 Å². The van der Waals surface area contributed by atoms with Crippen molar-refractivity contribution in [3.05, 3.63) is 34.9 Å². The van der Waals surface area contributed by atoms with E-state index in [-0.39, 0.29) is 5.91 Å². The van der Waals surface area contributed by atoms with E-state index in [0.29, 0.717) is 31.0 Å². The van der Waals surface area contributed by atoms with Crippen molar-refractivity contribution in [3.8, 4) is 0 Å². The van der Waals surface area contributed by atoms with E-state index in [9.17, 15) is 4.79 Å². The maximum atomic E-state index is 12.1. The number of likely N-dealkylation sites (tertiary alicyclic amines) is 1. The van der Waals surface area contributed by atoms with Crippen LogP contribution in [0, 0.1) is 12.8 Å². The van der Waals surface area contributed by atoms with Gasteiger partial charge in [-0.15, -0.1) is 0 Å². The Balaban J connectivity index is 1.55. The number of hydrogen-bond acceptors (Lipinski definition) is 3. The molecule has 0 aromatic heterocycles. The molecule has 0 radical (unpaired) electrons. The smallest absolute Gasteiger partial charge is 0.224 e. The summed E-state index contributed by atoms with van der Waals surface area (Å²) in [4.78, 5) is 14.1. The van der Waals surface area contributed by atoms with Crippen molar-refractivity contribution >= 4 is 5.91 Å². The van der Waals surface area contributed by atoms with E-state index in [0.717, 1.165) is 25.9 Å². The van der Waals surface area contributed by atoms with Gasteiger partial charge in [0.05, 0.1) is 13.0 Å². The van der Waals surface area contributed by atoms with Crippen LogP contribution in [-0.2, 0) is 16.0 Å². The third kappa shape index (κ3) is 3.81. The second-order valence-electron chi connectivity index (χ2n) is 7.43. The second-order valence-corrected chi connectivity index (χ2v) is 7.43. The largest absolute Gasteiger partial charge is 0.384 e. The molecule has 3 rings (SSSR count). The van der Waals surface area contributed by atoms with Crippen molar-refractivity contribution in [1.82, 2.24) is 10.2 Å². The van der Waals surface area contributed by atoms with Crippen LogP contribution < -0.4 is 5.32 Å². The zero-order chi connectivity index (χ0) is 17.1. The van der Waals surface area contributed by atoms with Crippen molar-refractivity contribution < 1.29 is 9.53 Å². The Bertz CT molecular complexity index is 579. The summed E-state index contributed by atoms with van der Waals surface area (Å²) in [5.74, 6) is 0.869. The van der Waals surface area contributed by atoms with Crippen molar-refractivity contribution in [2.75, 3.05) is 26.8 Å². The van der Waals surface area contributed by atoms with Gasteiger partial charge < -0.3 is 15.0 Å². The molecule has 1 aliphatic carbocycles. The molecule has 4 heteroatoms.